The zero-order valence-electron chi connectivity index (χ0n) is 18.3. The first-order chi connectivity index (χ1) is 15.1. The molecular formula is C26H27NO4. The fourth-order valence-electron chi connectivity index (χ4n) is 4.26. The first-order valence-electron chi connectivity index (χ1n) is 10.3. The van der Waals surface area contributed by atoms with Crippen LogP contribution in [0, 0.1) is 6.92 Å². The second kappa shape index (κ2) is 8.72. The topological polar surface area (TPSA) is 48.0 Å². The van der Waals surface area contributed by atoms with Gasteiger partial charge in [-0.1, -0.05) is 54.1 Å². The molecule has 31 heavy (non-hydrogen) atoms. The first-order valence-corrected chi connectivity index (χ1v) is 10.3. The number of fused-ring (bicyclic) bond motifs is 1. The normalized spacial score (nSPS) is 15.2. The van der Waals surface area contributed by atoms with Gasteiger partial charge in [-0.3, -0.25) is 4.79 Å². The number of carbonyl (C=O) groups is 1. The number of rotatable bonds is 5. The van der Waals surface area contributed by atoms with Crippen molar-refractivity contribution in [3.63, 3.8) is 0 Å². The minimum Gasteiger partial charge on any atom is -0.493 e. The third-order valence-corrected chi connectivity index (χ3v) is 5.85. The van der Waals surface area contributed by atoms with Crippen LogP contribution >= 0.6 is 0 Å². The maximum atomic E-state index is 13.8. The lowest BCUT2D eigenvalue weighted by Gasteiger charge is -2.38. The van der Waals surface area contributed by atoms with Crippen LogP contribution in [0.2, 0.25) is 0 Å². The average Bonchev–Trinajstić information content (AvgIpc) is 2.82. The Morgan fingerprint density at radius 2 is 1.55 bits per heavy atom. The van der Waals surface area contributed by atoms with E-state index in [4.69, 9.17) is 14.2 Å². The lowest BCUT2D eigenvalue weighted by molar-refractivity contribution is 0.0693. The van der Waals surface area contributed by atoms with Crippen molar-refractivity contribution in [1.82, 2.24) is 4.90 Å². The maximum Gasteiger partial charge on any atom is 0.254 e. The van der Waals surface area contributed by atoms with E-state index >= 15 is 0 Å². The third-order valence-electron chi connectivity index (χ3n) is 5.85. The van der Waals surface area contributed by atoms with Gasteiger partial charge in [-0.25, -0.2) is 0 Å². The summed E-state index contributed by atoms with van der Waals surface area (Å²) in [5, 5.41) is 0. The highest BCUT2D eigenvalue weighted by atomic mass is 16.5. The number of methoxy groups -OCH3 is 3. The summed E-state index contributed by atoms with van der Waals surface area (Å²) in [4.78, 5) is 15.7. The Morgan fingerprint density at radius 1 is 0.903 bits per heavy atom. The van der Waals surface area contributed by atoms with Gasteiger partial charge in [0.2, 0.25) is 5.75 Å². The van der Waals surface area contributed by atoms with Crippen LogP contribution in [0.25, 0.3) is 0 Å². The number of benzene rings is 3. The monoisotopic (exact) mass is 417 g/mol. The van der Waals surface area contributed by atoms with Crippen LogP contribution in [0.1, 0.15) is 38.7 Å². The minimum atomic E-state index is -0.155. The Morgan fingerprint density at radius 3 is 2.16 bits per heavy atom. The highest BCUT2D eigenvalue weighted by Crippen LogP contribution is 2.40. The number of ether oxygens (including phenoxy) is 3. The van der Waals surface area contributed by atoms with E-state index in [9.17, 15) is 4.79 Å². The van der Waals surface area contributed by atoms with Crippen molar-refractivity contribution in [2.75, 3.05) is 27.9 Å². The molecule has 5 heteroatoms. The summed E-state index contributed by atoms with van der Waals surface area (Å²) in [6, 6.07) is 20.0. The van der Waals surface area contributed by atoms with Gasteiger partial charge in [0.05, 0.1) is 27.4 Å². The van der Waals surface area contributed by atoms with Crippen molar-refractivity contribution in [3.8, 4) is 17.2 Å². The highest BCUT2D eigenvalue weighted by molar-refractivity contribution is 5.96. The van der Waals surface area contributed by atoms with Gasteiger partial charge < -0.3 is 19.1 Å². The Labute approximate surface area is 183 Å². The molecule has 0 fully saturated rings. The largest absolute Gasteiger partial charge is 0.493 e. The van der Waals surface area contributed by atoms with Crippen molar-refractivity contribution in [2.45, 2.75) is 19.4 Å². The number of carbonyl (C=O) groups excluding carboxylic acids is 1. The first kappa shape index (κ1) is 20.8. The molecule has 1 heterocycles. The molecule has 0 N–H and O–H groups in total. The molecule has 4 rings (SSSR count). The molecule has 0 radical (unpaired) electrons. The van der Waals surface area contributed by atoms with E-state index in [2.05, 4.69) is 49.4 Å². The van der Waals surface area contributed by atoms with Gasteiger partial charge in [-0.15, -0.1) is 0 Å². The number of aryl methyl sites for hydroxylation is 1. The number of hydrogen-bond donors (Lipinski definition) is 0. The van der Waals surface area contributed by atoms with Crippen LogP contribution in [0.4, 0.5) is 0 Å². The molecule has 1 amide bonds. The molecule has 160 valence electrons. The van der Waals surface area contributed by atoms with Crippen LogP contribution in [0.5, 0.6) is 17.2 Å². The van der Waals surface area contributed by atoms with Crippen LogP contribution in [0.3, 0.4) is 0 Å². The van der Waals surface area contributed by atoms with Gasteiger partial charge in [0.25, 0.3) is 5.91 Å². The second-order valence-electron chi connectivity index (χ2n) is 7.67. The predicted molar refractivity (Wildman–Crippen MR) is 120 cm³/mol. The van der Waals surface area contributed by atoms with Gasteiger partial charge in [0.15, 0.2) is 11.5 Å². The maximum absolute atomic E-state index is 13.8. The van der Waals surface area contributed by atoms with Gasteiger partial charge in [0, 0.05) is 12.1 Å². The lowest BCUT2D eigenvalue weighted by Crippen LogP contribution is -2.40. The molecule has 0 bridgehead atoms. The molecule has 0 aliphatic carbocycles. The van der Waals surface area contributed by atoms with Crippen molar-refractivity contribution in [1.29, 1.82) is 0 Å². The number of hydrogen-bond acceptors (Lipinski definition) is 4. The molecule has 3 aromatic carbocycles. The van der Waals surface area contributed by atoms with Crippen LogP contribution < -0.4 is 14.2 Å². The summed E-state index contributed by atoms with van der Waals surface area (Å²) in [6.45, 7) is 2.70. The fourth-order valence-corrected chi connectivity index (χ4v) is 4.26. The summed E-state index contributed by atoms with van der Waals surface area (Å²) >= 11 is 0. The quantitative estimate of drug-likeness (QED) is 0.598. The molecule has 0 spiro atoms. The lowest BCUT2D eigenvalue weighted by atomic mass is 9.87. The van der Waals surface area contributed by atoms with Crippen molar-refractivity contribution >= 4 is 5.91 Å². The van der Waals surface area contributed by atoms with Gasteiger partial charge in [-0.05, 0) is 42.2 Å². The van der Waals surface area contributed by atoms with E-state index < -0.39 is 0 Å². The smallest absolute Gasteiger partial charge is 0.254 e. The average molecular weight is 418 g/mol. The summed E-state index contributed by atoms with van der Waals surface area (Å²) in [5.41, 5.74) is 5.24. The summed E-state index contributed by atoms with van der Waals surface area (Å²) < 4.78 is 16.3. The van der Waals surface area contributed by atoms with Crippen LogP contribution in [0.15, 0.2) is 60.7 Å². The van der Waals surface area contributed by atoms with E-state index in [1.165, 1.54) is 16.7 Å². The molecule has 5 nitrogen and oxygen atoms in total. The zero-order valence-corrected chi connectivity index (χ0v) is 18.3. The number of amides is 1. The van der Waals surface area contributed by atoms with E-state index in [1.807, 2.05) is 11.0 Å². The minimum absolute atomic E-state index is 0.0701. The summed E-state index contributed by atoms with van der Waals surface area (Å²) in [5.74, 6) is 1.34. The van der Waals surface area contributed by atoms with Gasteiger partial charge in [0.1, 0.15) is 0 Å². The van der Waals surface area contributed by atoms with Crippen LogP contribution in [-0.4, -0.2) is 38.7 Å². The predicted octanol–water partition coefficient (Wildman–Crippen LogP) is 4.81. The van der Waals surface area contributed by atoms with Crippen molar-refractivity contribution < 1.29 is 19.0 Å². The van der Waals surface area contributed by atoms with E-state index in [0.717, 1.165) is 12.0 Å². The Hall–Kier alpha value is -3.47. The molecule has 1 aliphatic rings. The van der Waals surface area contributed by atoms with E-state index in [1.54, 1.807) is 33.5 Å². The molecular weight excluding hydrogens is 390 g/mol. The van der Waals surface area contributed by atoms with Gasteiger partial charge >= 0.3 is 0 Å². The fraction of sp³-hybridized carbons (Fsp3) is 0.269. The number of nitrogens with zero attached hydrogens (tertiary/aromatic N) is 1. The molecule has 0 saturated heterocycles. The summed E-state index contributed by atoms with van der Waals surface area (Å²) in [7, 11) is 4.66. The van der Waals surface area contributed by atoms with Crippen molar-refractivity contribution in [2.24, 2.45) is 0 Å². The van der Waals surface area contributed by atoms with Crippen LogP contribution in [-0.2, 0) is 6.42 Å². The van der Waals surface area contributed by atoms with E-state index in [-0.39, 0.29) is 11.9 Å². The molecule has 1 atom stereocenters. The Bertz CT molecular complexity index is 1070. The van der Waals surface area contributed by atoms with Crippen molar-refractivity contribution in [3.05, 3.63) is 88.5 Å². The Balaban J connectivity index is 1.80. The molecule has 3 aromatic rings. The summed E-state index contributed by atoms with van der Waals surface area (Å²) in [6.07, 6.45) is 0.814. The highest BCUT2D eigenvalue weighted by Gasteiger charge is 2.33. The second-order valence-corrected chi connectivity index (χ2v) is 7.67. The zero-order chi connectivity index (χ0) is 22.0. The third kappa shape index (κ3) is 3.83. The van der Waals surface area contributed by atoms with Gasteiger partial charge in [-0.2, -0.15) is 0 Å². The Kier molecular flexibility index (Phi) is 5.85. The molecule has 1 aliphatic heterocycles. The standard InChI is InChI=1S/C26H27NO4/c1-17-9-11-19(12-10-17)24-21-8-6-5-7-18(21)13-14-27(24)26(28)20-15-22(29-2)25(31-4)23(16-20)30-3/h5-12,15-16,24H,13-14H2,1-4H3/t24-/m0/s1. The molecule has 0 aromatic heterocycles. The van der Waals surface area contributed by atoms with E-state index in [0.29, 0.717) is 29.4 Å². The molecule has 0 saturated carbocycles. The molecule has 0 unspecified atom stereocenters. The SMILES string of the molecule is COc1cc(C(=O)N2CCc3ccccc3[C@@H]2c2ccc(C)cc2)cc(OC)c1OC.